The van der Waals surface area contributed by atoms with Crippen LogP contribution in [0.3, 0.4) is 0 Å². The maximum Gasteiger partial charge on any atom is 0.221 e. The summed E-state index contributed by atoms with van der Waals surface area (Å²) < 4.78 is 0. The van der Waals surface area contributed by atoms with Crippen LogP contribution in [-0.2, 0) is 4.79 Å². The normalized spacial score (nSPS) is 24.2. The van der Waals surface area contributed by atoms with Gasteiger partial charge in [-0.3, -0.25) is 9.69 Å². The van der Waals surface area contributed by atoms with E-state index in [0.717, 1.165) is 19.6 Å². The monoisotopic (exact) mass is 256 g/mol. The molecule has 1 heterocycles. The topological polar surface area (TPSA) is 61.6 Å². The minimum Gasteiger partial charge on any atom is -0.354 e. The third-order valence-corrected chi connectivity index (χ3v) is 3.65. The Hall–Kier alpha value is -0.650. The van der Waals surface area contributed by atoms with Crippen molar-refractivity contribution in [2.24, 2.45) is 5.73 Å². The summed E-state index contributed by atoms with van der Waals surface area (Å²) in [6.45, 7) is 9.75. The largest absolute Gasteiger partial charge is 0.354 e. The highest BCUT2D eigenvalue weighted by atomic mass is 16.1. The molecule has 3 N–H and O–H groups in total. The molecule has 1 saturated heterocycles. The molecule has 1 fully saturated rings. The molecule has 1 aliphatic rings. The van der Waals surface area contributed by atoms with Crippen molar-refractivity contribution < 1.29 is 4.79 Å². The van der Waals surface area contributed by atoms with E-state index in [4.69, 9.17) is 5.73 Å². The van der Waals surface area contributed by atoms with Gasteiger partial charge in [-0.2, -0.15) is 0 Å². The Morgan fingerprint density at radius 3 is 2.61 bits per heavy atom. The number of amides is 1. The van der Waals surface area contributed by atoms with E-state index in [1.165, 1.54) is 0 Å². The van der Waals surface area contributed by atoms with Gasteiger partial charge >= 0.3 is 0 Å². The van der Waals surface area contributed by atoms with Crippen molar-refractivity contribution in [3.63, 3.8) is 0 Å². The maximum atomic E-state index is 11.8. The lowest BCUT2D eigenvalue weighted by atomic mass is 10.1. The average Bonchev–Trinajstić information content (AvgIpc) is 2.29. The Balaban J connectivity index is 2.48. The molecule has 2 unspecified atom stereocenters. The summed E-state index contributed by atoms with van der Waals surface area (Å²) in [5.41, 5.74) is 5.83. The highest BCUT2D eigenvalue weighted by Gasteiger charge is 2.27. The Kier molecular flexibility index (Phi) is 6.05. The molecule has 0 saturated carbocycles. The Morgan fingerprint density at radius 1 is 1.44 bits per heavy atom. The molecular weight excluding hydrogens is 228 g/mol. The lowest BCUT2D eigenvalue weighted by molar-refractivity contribution is -0.123. The summed E-state index contributed by atoms with van der Waals surface area (Å²) in [4.78, 5) is 16.5. The zero-order chi connectivity index (χ0) is 13.7. The lowest BCUT2D eigenvalue weighted by Crippen LogP contribution is -2.56. The van der Waals surface area contributed by atoms with E-state index in [9.17, 15) is 4.79 Å². The molecule has 0 bridgehead atoms. The molecule has 0 radical (unpaired) electrons. The molecule has 0 aliphatic carbocycles. The number of rotatable bonds is 5. The SMILES string of the molecule is CC(C)NC(=O)CC(CN)N1CCN(C)C(C)C1. The van der Waals surface area contributed by atoms with Crippen molar-refractivity contribution >= 4 is 5.91 Å². The number of likely N-dealkylation sites (N-methyl/N-ethyl adjacent to an activating group) is 1. The fourth-order valence-corrected chi connectivity index (χ4v) is 2.36. The number of nitrogens with one attached hydrogen (secondary N) is 1. The number of carbonyl (C=O) groups excluding carboxylic acids is 1. The van der Waals surface area contributed by atoms with E-state index in [1.807, 2.05) is 13.8 Å². The molecule has 1 rings (SSSR count). The first-order chi connectivity index (χ1) is 8.43. The van der Waals surface area contributed by atoms with Crippen LogP contribution in [0.5, 0.6) is 0 Å². The number of nitrogens with zero attached hydrogens (tertiary/aromatic N) is 2. The molecule has 5 nitrogen and oxygen atoms in total. The van der Waals surface area contributed by atoms with E-state index < -0.39 is 0 Å². The highest BCUT2D eigenvalue weighted by molar-refractivity contribution is 5.76. The lowest BCUT2D eigenvalue weighted by Gasteiger charge is -2.41. The van der Waals surface area contributed by atoms with Gasteiger partial charge < -0.3 is 16.0 Å². The van der Waals surface area contributed by atoms with Gasteiger partial charge in [-0.15, -0.1) is 0 Å². The predicted octanol–water partition coefficient (Wildman–Crippen LogP) is -0.136. The molecule has 1 amide bonds. The van der Waals surface area contributed by atoms with Gasteiger partial charge in [0.2, 0.25) is 5.91 Å². The van der Waals surface area contributed by atoms with Gasteiger partial charge in [0.05, 0.1) is 0 Å². The van der Waals surface area contributed by atoms with Crippen LogP contribution in [0, 0.1) is 0 Å². The maximum absolute atomic E-state index is 11.8. The van der Waals surface area contributed by atoms with Gasteiger partial charge in [-0.1, -0.05) is 0 Å². The number of hydrogen-bond donors (Lipinski definition) is 2. The predicted molar refractivity (Wildman–Crippen MR) is 74.4 cm³/mol. The van der Waals surface area contributed by atoms with Gasteiger partial charge in [0.15, 0.2) is 0 Å². The van der Waals surface area contributed by atoms with Crippen LogP contribution in [0.15, 0.2) is 0 Å². The first-order valence-electron chi connectivity index (χ1n) is 6.87. The molecule has 18 heavy (non-hydrogen) atoms. The summed E-state index contributed by atoms with van der Waals surface area (Å²) >= 11 is 0. The molecule has 1 aliphatic heterocycles. The Morgan fingerprint density at radius 2 is 2.11 bits per heavy atom. The van der Waals surface area contributed by atoms with Crippen LogP contribution in [-0.4, -0.2) is 67.1 Å². The fraction of sp³-hybridized carbons (Fsp3) is 0.923. The smallest absolute Gasteiger partial charge is 0.221 e. The van der Waals surface area contributed by atoms with Crippen molar-refractivity contribution in [2.45, 2.75) is 45.3 Å². The fourth-order valence-electron chi connectivity index (χ4n) is 2.36. The van der Waals surface area contributed by atoms with Gasteiger partial charge in [0.25, 0.3) is 0 Å². The molecule has 2 atom stereocenters. The molecule has 106 valence electrons. The van der Waals surface area contributed by atoms with Crippen LogP contribution in [0.4, 0.5) is 0 Å². The van der Waals surface area contributed by atoms with Crippen molar-refractivity contribution in [2.75, 3.05) is 33.2 Å². The Bertz CT molecular complexity index is 270. The van der Waals surface area contributed by atoms with Gasteiger partial charge in [0, 0.05) is 50.7 Å². The number of nitrogens with two attached hydrogens (primary N) is 1. The van der Waals surface area contributed by atoms with Crippen LogP contribution in [0.25, 0.3) is 0 Å². The summed E-state index contributed by atoms with van der Waals surface area (Å²) in [5.74, 6) is 0.104. The third-order valence-electron chi connectivity index (χ3n) is 3.65. The number of hydrogen-bond acceptors (Lipinski definition) is 4. The second kappa shape index (κ2) is 7.07. The van der Waals surface area contributed by atoms with E-state index in [1.54, 1.807) is 0 Å². The van der Waals surface area contributed by atoms with Crippen LogP contribution < -0.4 is 11.1 Å². The molecule has 0 aromatic heterocycles. The van der Waals surface area contributed by atoms with E-state index in [0.29, 0.717) is 19.0 Å². The van der Waals surface area contributed by atoms with Crippen LogP contribution in [0.2, 0.25) is 0 Å². The molecular formula is C13H28N4O. The van der Waals surface area contributed by atoms with Crippen molar-refractivity contribution in [3.05, 3.63) is 0 Å². The zero-order valence-corrected chi connectivity index (χ0v) is 12.1. The second-order valence-electron chi connectivity index (χ2n) is 5.64. The minimum absolute atomic E-state index is 0.104. The quantitative estimate of drug-likeness (QED) is 0.719. The number of piperazine rings is 1. The highest BCUT2D eigenvalue weighted by Crippen LogP contribution is 2.12. The van der Waals surface area contributed by atoms with Crippen molar-refractivity contribution in [3.8, 4) is 0 Å². The number of carbonyl (C=O) groups is 1. The van der Waals surface area contributed by atoms with Crippen molar-refractivity contribution in [1.82, 2.24) is 15.1 Å². The third kappa shape index (κ3) is 4.55. The van der Waals surface area contributed by atoms with Crippen molar-refractivity contribution in [1.29, 1.82) is 0 Å². The molecule has 0 spiro atoms. The van der Waals surface area contributed by atoms with Crippen LogP contribution >= 0.6 is 0 Å². The van der Waals surface area contributed by atoms with E-state index in [-0.39, 0.29) is 18.0 Å². The van der Waals surface area contributed by atoms with Crippen LogP contribution in [0.1, 0.15) is 27.2 Å². The summed E-state index contributed by atoms with van der Waals surface area (Å²) in [6.07, 6.45) is 0.505. The van der Waals surface area contributed by atoms with Gasteiger partial charge in [0.1, 0.15) is 0 Å². The first kappa shape index (κ1) is 15.4. The first-order valence-corrected chi connectivity index (χ1v) is 6.87. The summed E-state index contributed by atoms with van der Waals surface area (Å²) in [7, 11) is 2.14. The van der Waals surface area contributed by atoms with E-state index >= 15 is 0 Å². The second-order valence-corrected chi connectivity index (χ2v) is 5.64. The minimum atomic E-state index is 0.104. The summed E-state index contributed by atoms with van der Waals surface area (Å²) in [6, 6.07) is 0.892. The summed E-state index contributed by atoms with van der Waals surface area (Å²) in [5, 5.41) is 2.94. The zero-order valence-electron chi connectivity index (χ0n) is 12.1. The Labute approximate surface area is 111 Å². The van der Waals surface area contributed by atoms with Gasteiger partial charge in [-0.05, 0) is 27.8 Å². The van der Waals surface area contributed by atoms with E-state index in [2.05, 4.69) is 29.1 Å². The van der Waals surface area contributed by atoms with Gasteiger partial charge in [-0.25, -0.2) is 0 Å². The standard InChI is InChI=1S/C13H28N4O/c1-10(2)15-13(18)7-12(8-14)17-6-5-16(4)11(3)9-17/h10-12H,5-9,14H2,1-4H3,(H,15,18). The molecule has 5 heteroatoms. The average molecular weight is 256 g/mol. The molecule has 0 aromatic carbocycles. The molecule has 0 aromatic rings.